The maximum atomic E-state index is 10.8. The van der Waals surface area contributed by atoms with Crippen molar-refractivity contribution in [1.82, 2.24) is 5.32 Å². The molecule has 2 aromatic carbocycles. The minimum absolute atomic E-state index is 0.0340. The summed E-state index contributed by atoms with van der Waals surface area (Å²) in [4.78, 5) is 10.8. The maximum Gasteiger partial charge on any atom is 0.217 e. The Balaban J connectivity index is 1.98. The van der Waals surface area contributed by atoms with Gasteiger partial charge in [0.05, 0.1) is 0 Å². The fourth-order valence-electron chi connectivity index (χ4n) is 1.87. The van der Waals surface area contributed by atoms with Crippen LogP contribution in [0.2, 0.25) is 0 Å². The topological polar surface area (TPSA) is 38.3 Å². The molecule has 0 aliphatic heterocycles. The molecule has 0 saturated carbocycles. The minimum Gasteiger partial charge on any atom is -0.488 e. The molecule has 2 rings (SSSR count). The van der Waals surface area contributed by atoms with Gasteiger partial charge in [0.15, 0.2) is 0 Å². The van der Waals surface area contributed by atoms with E-state index in [1.165, 1.54) is 6.92 Å². The lowest BCUT2D eigenvalue weighted by atomic mass is 10.2. The molecule has 21 heavy (non-hydrogen) atoms. The summed E-state index contributed by atoms with van der Waals surface area (Å²) in [5, 5.41) is 2.73. The highest BCUT2D eigenvalue weighted by molar-refractivity contribution is 5.73. The Morgan fingerprint density at radius 2 is 1.81 bits per heavy atom. The van der Waals surface area contributed by atoms with Crippen molar-refractivity contribution in [2.75, 3.05) is 6.54 Å². The molecular weight excluding hydrogens is 262 g/mol. The summed E-state index contributed by atoms with van der Waals surface area (Å²) < 4.78 is 5.86. The van der Waals surface area contributed by atoms with E-state index in [2.05, 4.69) is 5.32 Å². The third-order valence-corrected chi connectivity index (χ3v) is 2.92. The van der Waals surface area contributed by atoms with Crippen LogP contribution in [0.15, 0.2) is 60.7 Å². The van der Waals surface area contributed by atoms with E-state index in [9.17, 15) is 4.79 Å². The number of benzene rings is 2. The number of hydrogen-bond donors (Lipinski definition) is 1. The SMILES string of the molecule is CC(=O)NCC=Cc1ccccc1OCc1ccccc1. The van der Waals surface area contributed by atoms with Crippen LogP contribution in [-0.2, 0) is 11.4 Å². The van der Waals surface area contributed by atoms with Gasteiger partial charge in [-0.2, -0.15) is 0 Å². The standard InChI is InChI=1S/C18H19NO2/c1-15(20)19-13-7-11-17-10-5-6-12-18(17)21-14-16-8-3-2-4-9-16/h2-12H,13-14H2,1H3,(H,19,20). The average molecular weight is 281 g/mol. The van der Waals surface area contributed by atoms with Gasteiger partial charge in [-0.1, -0.05) is 60.7 Å². The quantitative estimate of drug-likeness (QED) is 0.881. The van der Waals surface area contributed by atoms with Crippen molar-refractivity contribution in [3.05, 3.63) is 71.8 Å². The van der Waals surface area contributed by atoms with Gasteiger partial charge in [-0.05, 0) is 11.6 Å². The molecule has 2 aromatic rings. The van der Waals surface area contributed by atoms with Gasteiger partial charge in [0.25, 0.3) is 0 Å². The maximum absolute atomic E-state index is 10.8. The summed E-state index contributed by atoms with van der Waals surface area (Å²) >= 11 is 0. The van der Waals surface area contributed by atoms with Crippen LogP contribution in [0.3, 0.4) is 0 Å². The van der Waals surface area contributed by atoms with E-state index >= 15 is 0 Å². The monoisotopic (exact) mass is 281 g/mol. The first-order chi connectivity index (χ1) is 10.3. The summed E-state index contributed by atoms with van der Waals surface area (Å²) in [7, 11) is 0. The first kappa shape index (κ1) is 14.9. The largest absolute Gasteiger partial charge is 0.488 e. The van der Waals surface area contributed by atoms with E-state index in [0.29, 0.717) is 13.2 Å². The fourth-order valence-corrected chi connectivity index (χ4v) is 1.87. The van der Waals surface area contributed by atoms with E-state index in [1.54, 1.807) is 0 Å². The second-order valence-electron chi connectivity index (χ2n) is 4.65. The van der Waals surface area contributed by atoms with Crippen molar-refractivity contribution in [1.29, 1.82) is 0 Å². The van der Waals surface area contributed by atoms with Gasteiger partial charge in [0.1, 0.15) is 12.4 Å². The Morgan fingerprint density at radius 1 is 1.10 bits per heavy atom. The number of para-hydroxylation sites is 1. The highest BCUT2D eigenvalue weighted by Gasteiger charge is 2.00. The summed E-state index contributed by atoms with van der Waals surface area (Å²) in [6.07, 6.45) is 3.86. The highest BCUT2D eigenvalue weighted by atomic mass is 16.5. The molecule has 0 aliphatic carbocycles. The molecule has 0 radical (unpaired) electrons. The van der Waals surface area contributed by atoms with Gasteiger partial charge in [0, 0.05) is 19.0 Å². The van der Waals surface area contributed by atoms with Gasteiger partial charge >= 0.3 is 0 Å². The molecule has 1 N–H and O–H groups in total. The van der Waals surface area contributed by atoms with E-state index in [0.717, 1.165) is 16.9 Å². The van der Waals surface area contributed by atoms with Crippen LogP contribution in [0.4, 0.5) is 0 Å². The number of ether oxygens (including phenoxy) is 1. The van der Waals surface area contributed by atoms with Crippen molar-refractivity contribution < 1.29 is 9.53 Å². The highest BCUT2D eigenvalue weighted by Crippen LogP contribution is 2.20. The van der Waals surface area contributed by atoms with Crippen LogP contribution in [-0.4, -0.2) is 12.5 Å². The van der Waals surface area contributed by atoms with Crippen LogP contribution in [0.25, 0.3) is 6.08 Å². The Labute approximate surface area is 125 Å². The lowest BCUT2D eigenvalue weighted by molar-refractivity contribution is -0.118. The van der Waals surface area contributed by atoms with Crippen LogP contribution in [0.5, 0.6) is 5.75 Å². The molecule has 0 bridgehead atoms. The second-order valence-corrected chi connectivity index (χ2v) is 4.65. The van der Waals surface area contributed by atoms with Gasteiger partial charge in [-0.3, -0.25) is 4.79 Å². The summed E-state index contributed by atoms with van der Waals surface area (Å²) in [6.45, 7) is 2.56. The van der Waals surface area contributed by atoms with Crippen LogP contribution >= 0.6 is 0 Å². The third-order valence-electron chi connectivity index (χ3n) is 2.92. The number of hydrogen-bond acceptors (Lipinski definition) is 2. The number of rotatable bonds is 6. The predicted molar refractivity (Wildman–Crippen MR) is 84.9 cm³/mol. The zero-order chi connectivity index (χ0) is 14.9. The van der Waals surface area contributed by atoms with Crippen molar-refractivity contribution in [3.63, 3.8) is 0 Å². The minimum atomic E-state index is -0.0340. The van der Waals surface area contributed by atoms with Crippen LogP contribution in [0, 0.1) is 0 Å². The van der Waals surface area contributed by atoms with Gasteiger partial charge in [-0.15, -0.1) is 0 Å². The molecule has 0 aromatic heterocycles. The number of carbonyl (C=O) groups excluding carboxylic acids is 1. The Bertz CT molecular complexity index is 606. The normalized spacial score (nSPS) is 10.5. The summed E-state index contributed by atoms with van der Waals surface area (Å²) in [5.74, 6) is 0.800. The Hall–Kier alpha value is -2.55. The van der Waals surface area contributed by atoms with Crippen LogP contribution in [0.1, 0.15) is 18.1 Å². The summed E-state index contributed by atoms with van der Waals surface area (Å²) in [5.41, 5.74) is 2.13. The van der Waals surface area contributed by atoms with E-state index in [4.69, 9.17) is 4.74 Å². The van der Waals surface area contributed by atoms with Gasteiger partial charge in [0.2, 0.25) is 5.91 Å². The third kappa shape index (κ3) is 5.15. The first-order valence-corrected chi connectivity index (χ1v) is 6.92. The molecule has 0 heterocycles. The second kappa shape index (κ2) is 7.90. The van der Waals surface area contributed by atoms with Gasteiger partial charge in [-0.25, -0.2) is 0 Å². The lowest BCUT2D eigenvalue weighted by Gasteiger charge is -2.09. The molecule has 0 saturated heterocycles. The van der Waals surface area contributed by atoms with Crippen molar-refractivity contribution in [2.24, 2.45) is 0 Å². The molecule has 0 atom stereocenters. The lowest BCUT2D eigenvalue weighted by Crippen LogP contribution is -2.19. The molecule has 0 unspecified atom stereocenters. The molecule has 3 nitrogen and oxygen atoms in total. The fraction of sp³-hybridized carbons (Fsp3) is 0.167. The van der Waals surface area contributed by atoms with Crippen molar-refractivity contribution in [3.8, 4) is 5.75 Å². The number of carbonyl (C=O) groups is 1. The molecule has 0 aliphatic rings. The molecule has 1 amide bonds. The van der Waals surface area contributed by atoms with Crippen molar-refractivity contribution in [2.45, 2.75) is 13.5 Å². The molecule has 0 spiro atoms. The zero-order valence-corrected chi connectivity index (χ0v) is 12.1. The van der Waals surface area contributed by atoms with Gasteiger partial charge < -0.3 is 10.1 Å². The van der Waals surface area contributed by atoms with E-state index in [-0.39, 0.29) is 5.91 Å². The number of nitrogens with one attached hydrogen (secondary N) is 1. The molecule has 0 fully saturated rings. The predicted octanol–water partition coefficient (Wildman–Crippen LogP) is 3.41. The van der Waals surface area contributed by atoms with E-state index in [1.807, 2.05) is 66.7 Å². The van der Waals surface area contributed by atoms with E-state index < -0.39 is 0 Å². The summed E-state index contributed by atoms with van der Waals surface area (Å²) in [6, 6.07) is 17.9. The smallest absolute Gasteiger partial charge is 0.217 e. The molecule has 3 heteroatoms. The Morgan fingerprint density at radius 3 is 2.57 bits per heavy atom. The van der Waals surface area contributed by atoms with Crippen LogP contribution < -0.4 is 10.1 Å². The zero-order valence-electron chi connectivity index (χ0n) is 12.1. The first-order valence-electron chi connectivity index (χ1n) is 6.92. The average Bonchev–Trinajstić information content (AvgIpc) is 2.51. The number of amides is 1. The molecular formula is C18H19NO2. The Kier molecular flexibility index (Phi) is 5.59. The van der Waals surface area contributed by atoms with Crippen molar-refractivity contribution >= 4 is 12.0 Å². The molecule has 108 valence electrons.